The average Bonchev–Trinajstić information content (AvgIpc) is 2.32. The molecule has 1 aromatic heterocycles. The van der Waals surface area contributed by atoms with Gasteiger partial charge in [-0.25, -0.2) is 0 Å². The third-order valence-corrected chi connectivity index (χ3v) is 3.96. The van der Waals surface area contributed by atoms with Crippen molar-refractivity contribution < 1.29 is 0 Å². The molecule has 2 aromatic rings. The highest BCUT2D eigenvalue weighted by atomic mass is 31.1. The highest BCUT2D eigenvalue weighted by molar-refractivity contribution is 7.64. The molecule has 88 valence electrons. The van der Waals surface area contributed by atoms with E-state index >= 15 is 0 Å². The number of rotatable bonds is 3. The standard InChI is InChI=1S/C14H17N2P/c1-11-4-6-12(7-5-11)16-13-10-15-9-8-14(13)17(2)3/h4-10,16H,1-3H3. The van der Waals surface area contributed by atoms with Crippen LogP contribution >= 0.6 is 7.92 Å². The minimum Gasteiger partial charge on any atom is -0.354 e. The van der Waals surface area contributed by atoms with Crippen LogP contribution in [0.15, 0.2) is 42.7 Å². The summed E-state index contributed by atoms with van der Waals surface area (Å²) in [5.41, 5.74) is 3.50. The first kappa shape index (κ1) is 12.1. The number of pyridine rings is 1. The number of aromatic nitrogens is 1. The minimum atomic E-state index is -0.121. The maximum absolute atomic E-state index is 4.19. The fourth-order valence-electron chi connectivity index (χ4n) is 1.67. The number of benzene rings is 1. The van der Waals surface area contributed by atoms with Crippen molar-refractivity contribution in [2.75, 3.05) is 18.6 Å². The lowest BCUT2D eigenvalue weighted by Crippen LogP contribution is -2.07. The predicted octanol–water partition coefficient (Wildman–Crippen LogP) is 3.50. The van der Waals surface area contributed by atoms with Gasteiger partial charge in [-0.15, -0.1) is 0 Å². The lowest BCUT2D eigenvalue weighted by Gasteiger charge is -2.14. The Labute approximate surface area is 104 Å². The second-order valence-electron chi connectivity index (χ2n) is 4.28. The molecule has 1 heterocycles. The zero-order chi connectivity index (χ0) is 12.3. The van der Waals surface area contributed by atoms with Gasteiger partial charge in [0, 0.05) is 17.2 Å². The van der Waals surface area contributed by atoms with Gasteiger partial charge in [-0.1, -0.05) is 25.6 Å². The van der Waals surface area contributed by atoms with Crippen LogP contribution in [0.5, 0.6) is 0 Å². The van der Waals surface area contributed by atoms with Crippen molar-refractivity contribution in [3.63, 3.8) is 0 Å². The molecule has 0 amide bonds. The Hall–Kier alpha value is -1.40. The molecule has 0 unspecified atom stereocenters. The average molecular weight is 244 g/mol. The molecule has 0 bridgehead atoms. The molecule has 0 saturated carbocycles. The van der Waals surface area contributed by atoms with E-state index in [2.05, 4.69) is 60.9 Å². The van der Waals surface area contributed by atoms with Crippen LogP contribution in [0.3, 0.4) is 0 Å². The molecule has 3 heteroatoms. The van der Waals surface area contributed by atoms with E-state index in [-0.39, 0.29) is 7.92 Å². The van der Waals surface area contributed by atoms with Gasteiger partial charge in [0.25, 0.3) is 0 Å². The van der Waals surface area contributed by atoms with E-state index in [1.165, 1.54) is 10.9 Å². The van der Waals surface area contributed by atoms with E-state index in [1.807, 2.05) is 12.4 Å². The molecule has 0 aliphatic rings. The minimum absolute atomic E-state index is 0.121. The molecule has 17 heavy (non-hydrogen) atoms. The zero-order valence-electron chi connectivity index (χ0n) is 10.4. The Morgan fingerprint density at radius 1 is 1.06 bits per heavy atom. The summed E-state index contributed by atoms with van der Waals surface area (Å²) in [7, 11) is -0.121. The van der Waals surface area contributed by atoms with Crippen molar-refractivity contribution >= 4 is 24.6 Å². The smallest absolute Gasteiger partial charge is 0.0648 e. The summed E-state index contributed by atoms with van der Waals surface area (Å²) in [5.74, 6) is 0. The number of hydrogen-bond acceptors (Lipinski definition) is 2. The highest BCUT2D eigenvalue weighted by Crippen LogP contribution is 2.28. The summed E-state index contributed by atoms with van der Waals surface area (Å²) < 4.78 is 0. The highest BCUT2D eigenvalue weighted by Gasteiger charge is 2.05. The van der Waals surface area contributed by atoms with E-state index in [0.29, 0.717) is 0 Å². The SMILES string of the molecule is Cc1ccc(Nc2cnccc2P(C)C)cc1. The Morgan fingerprint density at radius 2 is 1.76 bits per heavy atom. The van der Waals surface area contributed by atoms with Gasteiger partial charge < -0.3 is 5.32 Å². The van der Waals surface area contributed by atoms with Crippen LogP contribution in [-0.2, 0) is 0 Å². The predicted molar refractivity (Wildman–Crippen MR) is 77.1 cm³/mol. The second-order valence-corrected chi connectivity index (χ2v) is 6.55. The molecule has 1 aromatic carbocycles. The number of anilines is 2. The third kappa shape index (κ3) is 3.04. The Bertz CT molecular complexity index is 492. The molecular weight excluding hydrogens is 227 g/mol. The fraction of sp³-hybridized carbons (Fsp3) is 0.214. The molecule has 2 rings (SSSR count). The molecule has 0 saturated heterocycles. The Morgan fingerprint density at radius 3 is 2.41 bits per heavy atom. The summed E-state index contributed by atoms with van der Waals surface area (Å²) in [6.07, 6.45) is 3.76. The van der Waals surface area contributed by atoms with Crippen LogP contribution in [0.1, 0.15) is 5.56 Å². The van der Waals surface area contributed by atoms with Crippen molar-refractivity contribution in [3.8, 4) is 0 Å². The van der Waals surface area contributed by atoms with Crippen molar-refractivity contribution in [1.82, 2.24) is 4.98 Å². The second kappa shape index (κ2) is 5.29. The summed E-state index contributed by atoms with van der Waals surface area (Å²) in [4.78, 5) is 4.19. The van der Waals surface area contributed by atoms with Gasteiger partial charge in [-0.05, 0) is 38.5 Å². The Kier molecular flexibility index (Phi) is 3.75. The third-order valence-electron chi connectivity index (χ3n) is 2.61. The topological polar surface area (TPSA) is 24.9 Å². The number of hydrogen-bond donors (Lipinski definition) is 1. The lowest BCUT2D eigenvalue weighted by molar-refractivity contribution is 1.33. The normalized spacial score (nSPS) is 10.6. The van der Waals surface area contributed by atoms with Crippen molar-refractivity contribution in [2.24, 2.45) is 0 Å². The summed E-state index contributed by atoms with van der Waals surface area (Å²) in [5, 5.41) is 4.79. The maximum atomic E-state index is 4.19. The van der Waals surface area contributed by atoms with Crippen LogP contribution in [0, 0.1) is 6.92 Å². The fourth-order valence-corrected chi connectivity index (χ4v) is 2.63. The van der Waals surface area contributed by atoms with E-state index in [9.17, 15) is 0 Å². The van der Waals surface area contributed by atoms with E-state index in [4.69, 9.17) is 0 Å². The van der Waals surface area contributed by atoms with Crippen LogP contribution in [0.4, 0.5) is 11.4 Å². The van der Waals surface area contributed by atoms with Crippen molar-refractivity contribution in [3.05, 3.63) is 48.3 Å². The molecular formula is C14H17N2P. The van der Waals surface area contributed by atoms with Gasteiger partial charge in [0.05, 0.1) is 11.9 Å². The first-order chi connectivity index (χ1) is 8.16. The summed E-state index contributed by atoms with van der Waals surface area (Å²) >= 11 is 0. The monoisotopic (exact) mass is 244 g/mol. The summed E-state index contributed by atoms with van der Waals surface area (Å²) in [6.45, 7) is 6.60. The van der Waals surface area contributed by atoms with Gasteiger partial charge in [0.2, 0.25) is 0 Å². The largest absolute Gasteiger partial charge is 0.354 e. The van der Waals surface area contributed by atoms with Gasteiger partial charge in [-0.2, -0.15) is 0 Å². The lowest BCUT2D eigenvalue weighted by atomic mass is 10.2. The molecule has 1 N–H and O–H groups in total. The van der Waals surface area contributed by atoms with E-state index in [1.54, 1.807) is 0 Å². The van der Waals surface area contributed by atoms with E-state index in [0.717, 1.165) is 11.4 Å². The molecule has 0 spiro atoms. The van der Waals surface area contributed by atoms with Crippen molar-refractivity contribution in [2.45, 2.75) is 6.92 Å². The van der Waals surface area contributed by atoms with Crippen LogP contribution in [0.2, 0.25) is 0 Å². The summed E-state index contributed by atoms with van der Waals surface area (Å²) in [6, 6.07) is 10.5. The molecule has 0 radical (unpaired) electrons. The quantitative estimate of drug-likeness (QED) is 0.836. The van der Waals surface area contributed by atoms with Crippen LogP contribution < -0.4 is 10.6 Å². The molecule has 0 atom stereocenters. The number of nitrogens with zero attached hydrogens (tertiary/aromatic N) is 1. The van der Waals surface area contributed by atoms with Gasteiger partial charge in [0.15, 0.2) is 0 Å². The van der Waals surface area contributed by atoms with E-state index < -0.39 is 0 Å². The maximum Gasteiger partial charge on any atom is 0.0648 e. The molecule has 0 aliphatic carbocycles. The zero-order valence-corrected chi connectivity index (χ0v) is 11.3. The van der Waals surface area contributed by atoms with Crippen molar-refractivity contribution in [1.29, 1.82) is 0 Å². The molecule has 0 fully saturated rings. The number of aryl methyl sites for hydroxylation is 1. The Balaban J connectivity index is 2.26. The van der Waals surface area contributed by atoms with Crippen LogP contribution in [-0.4, -0.2) is 18.3 Å². The van der Waals surface area contributed by atoms with Gasteiger partial charge >= 0.3 is 0 Å². The van der Waals surface area contributed by atoms with Crippen LogP contribution in [0.25, 0.3) is 0 Å². The van der Waals surface area contributed by atoms with Gasteiger partial charge in [-0.3, -0.25) is 4.98 Å². The first-order valence-corrected chi connectivity index (χ1v) is 7.85. The number of nitrogens with one attached hydrogen (secondary N) is 1. The first-order valence-electron chi connectivity index (χ1n) is 5.62. The molecule has 2 nitrogen and oxygen atoms in total. The molecule has 0 aliphatic heterocycles. The van der Waals surface area contributed by atoms with Gasteiger partial charge in [0.1, 0.15) is 0 Å².